The van der Waals surface area contributed by atoms with Gasteiger partial charge in [0.1, 0.15) is 5.54 Å². The van der Waals surface area contributed by atoms with Crippen LogP contribution in [0.3, 0.4) is 0 Å². The topological polar surface area (TPSA) is 83.7 Å². The summed E-state index contributed by atoms with van der Waals surface area (Å²) in [6, 6.07) is 17.6. The van der Waals surface area contributed by atoms with E-state index in [2.05, 4.69) is 0 Å². The van der Waals surface area contributed by atoms with Gasteiger partial charge in [0.15, 0.2) is 0 Å². The van der Waals surface area contributed by atoms with Gasteiger partial charge < -0.3 is 10.6 Å². The second-order valence-electron chi connectivity index (χ2n) is 6.58. The predicted octanol–water partition coefficient (Wildman–Crippen LogP) is 1.82. The molecular weight excluding hydrogens is 386 g/mol. The summed E-state index contributed by atoms with van der Waals surface area (Å²) in [5, 5.41) is 0. The Bertz CT molecular complexity index is 866. The average Bonchev–Trinajstić information content (AvgIpc) is 2.69. The Morgan fingerprint density at radius 3 is 1.93 bits per heavy atom. The first-order chi connectivity index (χ1) is 12.3. The van der Waals surface area contributed by atoms with Crippen molar-refractivity contribution in [2.45, 2.75) is 17.4 Å². The van der Waals surface area contributed by atoms with Gasteiger partial charge in [-0.25, -0.2) is 8.42 Å². The Kier molecular flexibility index (Phi) is 6.64. The van der Waals surface area contributed by atoms with Crippen LogP contribution in [0.25, 0.3) is 0 Å². The van der Waals surface area contributed by atoms with E-state index < -0.39 is 15.6 Å². The lowest BCUT2D eigenvalue weighted by molar-refractivity contribution is -0.138. The van der Waals surface area contributed by atoms with E-state index in [1.165, 1.54) is 4.31 Å². The fraction of sp³-hybridized carbons (Fsp3) is 0.316. The number of carbonyl (C=O) groups excluding carboxylic acids is 1. The Hall–Kier alpha value is -1.93. The summed E-state index contributed by atoms with van der Waals surface area (Å²) >= 11 is 0. The zero-order chi connectivity index (χ0) is 18.8. The molecule has 1 atom stereocenters. The third-order valence-corrected chi connectivity index (χ3v) is 6.64. The van der Waals surface area contributed by atoms with Crippen molar-refractivity contribution in [3.05, 3.63) is 66.2 Å². The van der Waals surface area contributed by atoms with Gasteiger partial charge >= 0.3 is 0 Å². The molecule has 1 fully saturated rings. The number of sulfonamides is 1. The maximum Gasteiger partial charge on any atom is 0.247 e. The summed E-state index contributed by atoms with van der Waals surface area (Å²) in [5.74, 6) is -0.194. The molecule has 0 saturated carbocycles. The van der Waals surface area contributed by atoms with Gasteiger partial charge in [0, 0.05) is 26.2 Å². The van der Waals surface area contributed by atoms with Crippen molar-refractivity contribution >= 4 is 28.3 Å². The fourth-order valence-electron chi connectivity index (χ4n) is 3.11. The van der Waals surface area contributed by atoms with Gasteiger partial charge in [0.2, 0.25) is 15.9 Å². The van der Waals surface area contributed by atoms with Gasteiger partial charge in [0.25, 0.3) is 0 Å². The molecule has 2 aromatic carbocycles. The summed E-state index contributed by atoms with van der Waals surface area (Å²) in [6.45, 7) is 2.86. The molecule has 1 unspecified atom stereocenters. The zero-order valence-electron chi connectivity index (χ0n) is 15.1. The quantitative estimate of drug-likeness (QED) is 0.834. The molecule has 0 bridgehead atoms. The normalized spacial score (nSPS) is 17.6. The molecule has 2 aromatic rings. The molecule has 0 aromatic heterocycles. The van der Waals surface area contributed by atoms with Gasteiger partial charge in [-0.1, -0.05) is 48.5 Å². The maximum absolute atomic E-state index is 12.9. The van der Waals surface area contributed by atoms with E-state index in [1.807, 2.05) is 30.3 Å². The fourth-order valence-corrected chi connectivity index (χ4v) is 4.55. The minimum Gasteiger partial charge on any atom is -0.338 e. The van der Waals surface area contributed by atoms with Gasteiger partial charge in [-0.05, 0) is 24.6 Å². The molecular formula is C19H24ClN3O3S. The molecule has 2 N–H and O–H groups in total. The molecule has 1 aliphatic heterocycles. The summed E-state index contributed by atoms with van der Waals surface area (Å²) in [4.78, 5) is 14.8. The van der Waals surface area contributed by atoms with Crippen LogP contribution < -0.4 is 5.73 Å². The molecule has 1 heterocycles. The van der Waals surface area contributed by atoms with Crippen molar-refractivity contribution in [2.75, 3.05) is 26.2 Å². The van der Waals surface area contributed by atoms with E-state index in [9.17, 15) is 13.2 Å². The Morgan fingerprint density at radius 2 is 1.41 bits per heavy atom. The minimum atomic E-state index is -3.53. The average molecular weight is 410 g/mol. The highest BCUT2D eigenvalue weighted by atomic mass is 35.5. The number of hydrogen-bond acceptors (Lipinski definition) is 4. The van der Waals surface area contributed by atoms with Gasteiger partial charge in [-0.15, -0.1) is 12.4 Å². The Morgan fingerprint density at radius 1 is 0.926 bits per heavy atom. The number of halogens is 1. The summed E-state index contributed by atoms with van der Waals surface area (Å²) in [7, 11) is -3.53. The standard InChI is InChI=1S/C19H23N3O3S.ClH/c1-19(20,16-8-4-2-5-9-16)18(23)21-12-14-22(15-13-21)26(24,25)17-10-6-3-7-11-17;/h2-11H,12-15,20H2,1H3;1H. The SMILES string of the molecule is CC(N)(C(=O)N1CCN(S(=O)(=O)c2ccccc2)CC1)c1ccccc1.Cl. The molecule has 146 valence electrons. The number of piperazine rings is 1. The van der Waals surface area contributed by atoms with E-state index in [-0.39, 0.29) is 36.3 Å². The van der Waals surface area contributed by atoms with Crippen LogP contribution >= 0.6 is 12.4 Å². The Labute approximate surface area is 166 Å². The zero-order valence-corrected chi connectivity index (χ0v) is 16.7. The van der Waals surface area contributed by atoms with Crippen molar-refractivity contribution in [2.24, 2.45) is 5.73 Å². The van der Waals surface area contributed by atoms with Crippen LogP contribution in [0, 0.1) is 0 Å². The third-order valence-electron chi connectivity index (χ3n) is 4.72. The molecule has 6 nitrogen and oxygen atoms in total. The lowest BCUT2D eigenvalue weighted by atomic mass is 9.91. The first kappa shape index (κ1) is 21.4. The molecule has 1 aliphatic rings. The molecule has 1 amide bonds. The molecule has 0 radical (unpaired) electrons. The summed E-state index contributed by atoms with van der Waals surface area (Å²) in [5.41, 5.74) is 5.90. The van der Waals surface area contributed by atoms with E-state index in [1.54, 1.807) is 42.2 Å². The number of rotatable bonds is 4. The van der Waals surface area contributed by atoms with Gasteiger partial charge in [-0.2, -0.15) is 4.31 Å². The van der Waals surface area contributed by atoms with E-state index in [0.29, 0.717) is 13.1 Å². The van der Waals surface area contributed by atoms with Gasteiger partial charge in [-0.3, -0.25) is 4.79 Å². The van der Waals surface area contributed by atoms with E-state index in [0.717, 1.165) is 5.56 Å². The molecule has 8 heteroatoms. The van der Waals surface area contributed by atoms with Gasteiger partial charge in [0.05, 0.1) is 4.90 Å². The van der Waals surface area contributed by atoms with Crippen LogP contribution in [-0.4, -0.2) is 49.7 Å². The smallest absolute Gasteiger partial charge is 0.247 e. The van der Waals surface area contributed by atoms with Crippen LogP contribution in [0.5, 0.6) is 0 Å². The number of nitrogens with two attached hydrogens (primary N) is 1. The first-order valence-electron chi connectivity index (χ1n) is 8.52. The molecule has 0 aliphatic carbocycles. The lowest BCUT2D eigenvalue weighted by Gasteiger charge is -2.38. The monoisotopic (exact) mass is 409 g/mol. The van der Waals surface area contributed by atoms with Crippen molar-refractivity contribution in [3.63, 3.8) is 0 Å². The van der Waals surface area contributed by atoms with Crippen LogP contribution in [0.2, 0.25) is 0 Å². The molecule has 27 heavy (non-hydrogen) atoms. The maximum atomic E-state index is 12.9. The molecule has 1 saturated heterocycles. The second-order valence-corrected chi connectivity index (χ2v) is 8.52. The van der Waals surface area contributed by atoms with Crippen LogP contribution in [0.15, 0.2) is 65.6 Å². The Balaban J connectivity index is 0.00000261. The predicted molar refractivity (Wildman–Crippen MR) is 107 cm³/mol. The second kappa shape index (κ2) is 8.39. The van der Waals surface area contributed by atoms with Crippen LogP contribution in [0.1, 0.15) is 12.5 Å². The number of nitrogens with zero attached hydrogens (tertiary/aromatic N) is 2. The highest BCUT2D eigenvalue weighted by Crippen LogP contribution is 2.23. The number of amides is 1. The largest absolute Gasteiger partial charge is 0.338 e. The lowest BCUT2D eigenvalue weighted by Crippen LogP contribution is -2.57. The minimum absolute atomic E-state index is 0. The molecule has 3 rings (SSSR count). The third kappa shape index (κ3) is 4.32. The highest BCUT2D eigenvalue weighted by Gasteiger charge is 2.37. The number of hydrogen-bond donors (Lipinski definition) is 1. The number of carbonyl (C=O) groups is 1. The van der Waals surface area contributed by atoms with Crippen molar-refractivity contribution in [3.8, 4) is 0 Å². The summed E-state index contributed by atoms with van der Waals surface area (Å²) < 4.78 is 26.8. The van der Waals surface area contributed by atoms with E-state index >= 15 is 0 Å². The van der Waals surface area contributed by atoms with Crippen molar-refractivity contribution < 1.29 is 13.2 Å². The van der Waals surface area contributed by atoms with E-state index in [4.69, 9.17) is 5.73 Å². The van der Waals surface area contributed by atoms with Crippen LogP contribution in [-0.2, 0) is 20.4 Å². The number of benzene rings is 2. The summed E-state index contributed by atoms with van der Waals surface area (Å²) in [6.07, 6.45) is 0. The van der Waals surface area contributed by atoms with Crippen molar-refractivity contribution in [1.82, 2.24) is 9.21 Å². The molecule has 0 spiro atoms. The van der Waals surface area contributed by atoms with Crippen molar-refractivity contribution in [1.29, 1.82) is 0 Å². The first-order valence-corrected chi connectivity index (χ1v) is 9.96. The highest BCUT2D eigenvalue weighted by molar-refractivity contribution is 7.89. The van der Waals surface area contributed by atoms with Crippen LogP contribution in [0.4, 0.5) is 0 Å².